The first kappa shape index (κ1) is 17.9. The lowest BCUT2D eigenvalue weighted by Gasteiger charge is -2.35. The number of hydrogen-bond donors (Lipinski definition) is 0. The minimum atomic E-state index is 0. The smallest absolute Gasteiger partial charge is 0.0407 e. The molecule has 0 radical (unpaired) electrons. The van der Waals surface area contributed by atoms with Crippen LogP contribution in [0.15, 0.2) is 0 Å². The van der Waals surface area contributed by atoms with Crippen molar-refractivity contribution in [1.82, 2.24) is 0 Å². The number of rotatable bonds is 2. The van der Waals surface area contributed by atoms with Crippen LogP contribution in [0.4, 0.5) is 0 Å². The summed E-state index contributed by atoms with van der Waals surface area (Å²) in [5, 5.41) is 0. The number of hydrogen-bond acceptors (Lipinski definition) is 0. The van der Waals surface area contributed by atoms with Crippen LogP contribution in [0.1, 0.15) is 72.1 Å². The molecule has 2 saturated carbocycles. The fourth-order valence-corrected chi connectivity index (χ4v) is 4.34. The van der Waals surface area contributed by atoms with Crippen LogP contribution in [0, 0.1) is 29.6 Å². The highest BCUT2D eigenvalue weighted by atomic mass is 16.0. The molecule has 0 bridgehead atoms. The second-order valence-corrected chi connectivity index (χ2v) is 7.15. The first-order valence-corrected chi connectivity index (χ1v) is 7.63. The average molecular weight is 258 g/mol. The van der Waals surface area contributed by atoms with E-state index < -0.39 is 0 Å². The molecular weight excluding hydrogens is 224 g/mol. The van der Waals surface area contributed by atoms with Crippen molar-refractivity contribution in [3.8, 4) is 0 Å². The summed E-state index contributed by atoms with van der Waals surface area (Å²) in [6, 6.07) is 0. The molecule has 18 heavy (non-hydrogen) atoms. The molecule has 2 unspecified atom stereocenters. The van der Waals surface area contributed by atoms with E-state index in [1.807, 2.05) is 0 Å². The van der Waals surface area contributed by atoms with Crippen molar-refractivity contribution in [2.45, 2.75) is 72.1 Å². The molecule has 2 aliphatic rings. The Morgan fingerprint density at radius 2 is 1.11 bits per heavy atom. The van der Waals surface area contributed by atoms with Crippen molar-refractivity contribution in [2.75, 3.05) is 0 Å². The molecule has 2 heteroatoms. The third-order valence-electron chi connectivity index (χ3n) is 5.08. The van der Waals surface area contributed by atoms with Gasteiger partial charge in [0.1, 0.15) is 0 Å². The van der Waals surface area contributed by atoms with E-state index in [-0.39, 0.29) is 11.0 Å². The fraction of sp³-hybridized carbons (Fsp3) is 1.00. The van der Waals surface area contributed by atoms with Gasteiger partial charge in [-0.25, -0.2) is 0 Å². The Morgan fingerprint density at radius 1 is 0.611 bits per heavy atom. The third-order valence-corrected chi connectivity index (χ3v) is 5.08. The highest BCUT2D eigenvalue weighted by Crippen LogP contribution is 2.40. The van der Waals surface area contributed by atoms with Crippen LogP contribution in [-0.4, -0.2) is 11.0 Å². The van der Waals surface area contributed by atoms with Gasteiger partial charge in [-0.3, -0.25) is 0 Å². The molecule has 0 amide bonds. The van der Waals surface area contributed by atoms with Gasteiger partial charge < -0.3 is 11.0 Å². The van der Waals surface area contributed by atoms with Gasteiger partial charge in [0.2, 0.25) is 0 Å². The Labute approximate surface area is 113 Å². The first-order chi connectivity index (χ1) is 7.63. The molecule has 2 atom stereocenters. The molecular formula is C16H34O2. The molecule has 0 heterocycles. The SMILES string of the molecule is CC1CCC(CC2CC(C)CC(C)C2)CC1.O.O. The zero-order valence-corrected chi connectivity index (χ0v) is 12.5. The summed E-state index contributed by atoms with van der Waals surface area (Å²) < 4.78 is 0. The minimum absolute atomic E-state index is 0. The molecule has 2 nitrogen and oxygen atoms in total. The van der Waals surface area contributed by atoms with E-state index >= 15 is 0 Å². The van der Waals surface area contributed by atoms with Crippen LogP contribution in [0.25, 0.3) is 0 Å². The van der Waals surface area contributed by atoms with Crippen molar-refractivity contribution in [3.63, 3.8) is 0 Å². The zero-order chi connectivity index (χ0) is 11.5. The summed E-state index contributed by atoms with van der Waals surface area (Å²) >= 11 is 0. The van der Waals surface area contributed by atoms with E-state index in [4.69, 9.17) is 0 Å². The van der Waals surface area contributed by atoms with E-state index in [0.29, 0.717) is 0 Å². The van der Waals surface area contributed by atoms with Gasteiger partial charge in [-0.05, 0) is 55.3 Å². The van der Waals surface area contributed by atoms with Crippen molar-refractivity contribution in [1.29, 1.82) is 0 Å². The molecule has 0 aromatic heterocycles. The normalized spacial score (nSPS) is 40.5. The highest BCUT2D eigenvalue weighted by Gasteiger charge is 2.27. The second-order valence-electron chi connectivity index (χ2n) is 7.15. The molecule has 0 aromatic carbocycles. The Morgan fingerprint density at radius 3 is 1.61 bits per heavy atom. The van der Waals surface area contributed by atoms with Crippen LogP contribution in [0.3, 0.4) is 0 Å². The molecule has 0 saturated heterocycles. The standard InChI is InChI=1S/C16H30.2H2O/c1-12-4-6-15(7-5-12)11-16-9-13(2)8-14(3)10-16;;/h12-16H,4-11H2,1-3H3;2*1H2. The van der Waals surface area contributed by atoms with Gasteiger partial charge in [0.25, 0.3) is 0 Å². The zero-order valence-electron chi connectivity index (χ0n) is 12.5. The Hall–Kier alpha value is -0.0800. The van der Waals surface area contributed by atoms with Crippen molar-refractivity contribution in [3.05, 3.63) is 0 Å². The second kappa shape index (κ2) is 8.16. The molecule has 4 N–H and O–H groups in total. The molecule has 2 aliphatic carbocycles. The lowest BCUT2D eigenvalue weighted by molar-refractivity contribution is 0.165. The maximum Gasteiger partial charge on any atom is -0.0407 e. The molecule has 0 spiro atoms. The van der Waals surface area contributed by atoms with E-state index in [0.717, 1.165) is 29.6 Å². The quantitative estimate of drug-likeness (QED) is 0.726. The van der Waals surface area contributed by atoms with Gasteiger partial charge in [-0.1, -0.05) is 46.5 Å². The van der Waals surface area contributed by atoms with Crippen LogP contribution in [0.5, 0.6) is 0 Å². The largest absolute Gasteiger partial charge is 0.412 e. The maximum absolute atomic E-state index is 2.46. The van der Waals surface area contributed by atoms with Crippen LogP contribution in [0.2, 0.25) is 0 Å². The lowest BCUT2D eigenvalue weighted by Crippen LogP contribution is -2.23. The molecule has 0 aliphatic heterocycles. The average Bonchev–Trinajstić information content (AvgIpc) is 2.20. The Balaban J connectivity index is 0.00000144. The topological polar surface area (TPSA) is 63.0 Å². The van der Waals surface area contributed by atoms with Gasteiger partial charge >= 0.3 is 0 Å². The third kappa shape index (κ3) is 5.27. The summed E-state index contributed by atoms with van der Waals surface area (Å²) in [6.45, 7) is 7.36. The summed E-state index contributed by atoms with van der Waals surface area (Å²) in [5.41, 5.74) is 0. The van der Waals surface area contributed by atoms with Gasteiger partial charge in [0.15, 0.2) is 0 Å². The van der Waals surface area contributed by atoms with Gasteiger partial charge in [0, 0.05) is 0 Å². The van der Waals surface area contributed by atoms with Crippen LogP contribution >= 0.6 is 0 Å². The summed E-state index contributed by atoms with van der Waals surface area (Å²) in [5.74, 6) is 5.16. The Bertz CT molecular complexity index is 199. The molecule has 2 fully saturated rings. The van der Waals surface area contributed by atoms with Crippen molar-refractivity contribution in [2.24, 2.45) is 29.6 Å². The van der Waals surface area contributed by atoms with Crippen LogP contribution in [-0.2, 0) is 0 Å². The highest BCUT2D eigenvalue weighted by molar-refractivity contribution is 4.79. The maximum atomic E-state index is 2.46. The van der Waals surface area contributed by atoms with Crippen molar-refractivity contribution < 1.29 is 11.0 Å². The van der Waals surface area contributed by atoms with Gasteiger partial charge in [0.05, 0.1) is 0 Å². The minimum Gasteiger partial charge on any atom is -0.412 e. The van der Waals surface area contributed by atoms with E-state index in [1.54, 1.807) is 6.42 Å². The summed E-state index contributed by atoms with van der Waals surface area (Å²) in [7, 11) is 0. The predicted molar refractivity (Wildman–Crippen MR) is 78.6 cm³/mol. The Kier molecular flexibility index (Phi) is 8.13. The van der Waals surface area contributed by atoms with Gasteiger partial charge in [-0.2, -0.15) is 0 Å². The van der Waals surface area contributed by atoms with E-state index in [2.05, 4.69) is 20.8 Å². The molecule has 110 valence electrons. The van der Waals surface area contributed by atoms with Crippen LogP contribution < -0.4 is 0 Å². The fourth-order valence-electron chi connectivity index (χ4n) is 4.34. The van der Waals surface area contributed by atoms with Gasteiger partial charge in [-0.15, -0.1) is 0 Å². The summed E-state index contributed by atoms with van der Waals surface area (Å²) in [4.78, 5) is 0. The summed E-state index contributed by atoms with van der Waals surface area (Å²) in [6.07, 6.45) is 12.2. The van der Waals surface area contributed by atoms with E-state index in [9.17, 15) is 0 Å². The first-order valence-electron chi connectivity index (χ1n) is 7.63. The van der Waals surface area contributed by atoms with E-state index in [1.165, 1.54) is 44.9 Å². The molecule has 2 rings (SSSR count). The lowest BCUT2D eigenvalue weighted by atomic mass is 9.71. The molecule has 0 aromatic rings. The van der Waals surface area contributed by atoms with Crippen molar-refractivity contribution >= 4 is 0 Å². The predicted octanol–water partition coefficient (Wildman–Crippen LogP) is 3.63. The monoisotopic (exact) mass is 258 g/mol.